The fourth-order valence-electron chi connectivity index (χ4n) is 3.01. The lowest BCUT2D eigenvalue weighted by Gasteiger charge is -2.23. The number of fused-ring (bicyclic) bond motifs is 1. The van der Waals surface area contributed by atoms with E-state index >= 15 is 0 Å². The van der Waals surface area contributed by atoms with E-state index in [0.717, 1.165) is 12.1 Å². The van der Waals surface area contributed by atoms with Crippen LogP contribution in [0.1, 0.15) is 18.1 Å². The van der Waals surface area contributed by atoms with Gasteiger partial charge in [0.1, 0.15) is 0 Å². The number of ether oxygens (including phenoxy) is 2. The van der Waals surface area contributed by atoms with Crippen LogP contribution in [0, 0.1) is 11.3 Å². The molecule has 5 heteroatoms. The Kier molecular flexibility index (Phi) is 4.39. The van der Waals surface area contributed by atoms with Gasteiger partial charge in [0.05, 0.1) is 18.7 Å². The van der Waals surface area contributed by atoms with E-state index in [1.54, 1.807) is 23.1 Å². The van der Waals surface area contributed by atoms with Crippen LogP contribution in [0.3, 0.4) is 0 Å². The first-order chi connectivity index (χ1) is 11.6. The number of methoxy groups -OCH3 is 1. The Bertz CT molecular complexity index is 810. The highest BCUT2D eigenvalue weighted by Gasteiger charge is 2.30. The number of amides is 1. The van der Waals surface area contributed by atoms with Crippen LogP contribution in [0.15, 0.2) is 42.5 Å². The highest BCUT2D eigenvalue weighted by atomic mass is 16.5. The summed E-state index contributed by atoms with van der Waals surface area (Å²) in [4.78, 5) is 14.4. The number of benzene rings is 2. The molecule has 0 bridgehead atoms. The summed E-state index contributed by atoms with van der Waals surface area (Å²) < 4.78 is 10.9. The van der Waals surface area contributed by atoms with Crippen molar-refractivity contribution in [3.63, 3.8) is 0 Å². The maximum absolute atomic E-state index is 12.6. The van der Waals surface area contributed by atoms with Gasteiger partial charge in [-0.1, -0.05) is 18.2 Å². The van der Waals surface area contributed by atoms with Crippen molar-refractivity contribution < 1.29 is 14.3 Å². The van der Waals surface area contributed by atoms with Gasteiger partial charge in [-0.2, -0.15) is 5.26 Å². The second-order valence-corrected chi connectivity index (χ2v) is 5.71. The molecule has 24 heavy (non-hydrogen) atoms. The molecule has 1 aliphatic rings. The molecule has 1 heterocycles. The zero-order valence-corrected chi connectivity index (χ0v) is 13.7. The molecule has 0 spiro atoms. The van der Waals surface area contributed by atoms with Gasteiger partial charge in [0.15, 0.2) is 18.1 Å². The summed E-state index contributed by atoms with van der Waals surface area (Å²) in [6.07, 6.45) is 0.849. The van der Waals surface area contributed by atoms with Crippen LogP contribution < -0.4 is 14.4 Å². The standard InChI is InChI=1S/C19H18N2O3/c1-13-9-15-5-3-4-6-16(15)21(13)19(22)12-24-17-8-7-14(11-20)10-18(17)23-2/h3-8,10,13H,9,12H2,1-2H3. The number of hydrogen-bond donors (Lipinski definition) is 0. The van der Waals surface area contributed by atoms with Gasteiger partial charge in [-0.3, -0.25) is 4.79 Å². The molecule has 0 fully saturated rings. The number of nitriles is 1. The molecule has 2 aromatic rings. The Morgan fingerprint density at radius 2 is 2.08 bits per heavy atom. The predicted octanol–water partition coefficient (Wildman–Crippen LogP) is 2.92. The Morgan fingerprint density at radius 1 is 1.29 bits per heavy atom. The molecule has 0 aliphatic carbocycles. The van der Waals surface area contributed by atoms with Crippen molar-refractivity contribution in [1.82, 2.24) is 0 Å². The minimum absolute atomic E-state index is 0.0824. The molecule has 0 N–H and O–H groups in total. The molecular weight excluding hydrogens is 304 g/mol. The van der Waals surface area contributed by atoms with Crippen LogP contribution in [0.2, 0.25) is 0 Å². The number of hydrogen-bond acceptors (Lipinski definition) is 4. The van der Waals surface area contributed by atoms with E-state index in [4.69, 9.17) is 14.7 Å². The SMILES string of the molecule is COc1cc(C#N)ccc1OCC(=O)N1c2ccccc2CC1C. The molecule has 1 unspecified atom stereocenters. The van der Waals surface area contributed by atoms with E-state index in [0.29, 0.717) is 17.1 Å². The van der Waals surface area contributed by atoms with E-state index in [1.165, 1.54) is 12.7 Å². The van der Waals surface area contributed by atoms with E-state index in [-0.39, 0.29) is 18.6 Å². The third-order valence-corrected chi connectivity index (χ3v) is 4.12. The van der Waals surface area contributed by atoms with E-state index in [2.05, 4.69) is 0 Å². The molecule has 0 aromatic heterocycles. The average Bonchev–Trinajstić information content (AvgIpc) is 2.95. The van der Waals surface area contributed by atoms with Crippen LogP contribution in [0.25, 0.3) is 0 Å². The van der Waals surface area contributed by atoms with Gasteiger partial charge in [-0.05, 0) is 37.1 Å². The molecule has 0 saturated carbocycles. The smallest absolute Gasteiger partial charge is 0.265 e. The second-order valence-electron chi connectivity index (χ2n) is 5.71. The lowest BCUT2D eigenvalue weighted by molar-refractivity contribution is -0.120. The van der Waals surface area contributed by atoms with Gasteiger partial charge >= 0.3 is 0 Å². The lowest BCUT2D eigenvalue weighted by Crippen LogP contribution is -2.39. The van der Waals surface area contributed by atoms with Crippen molar-refractivity contribution in [2.24, 2.45) is 0 Å². The topological polar surface area (TPSA) is 62.6 Å². The van der Waals surface area contributed by atoms with Crippen LogP contribution in [0.4, 0.5) is 5.69 Å². The maximum Gasteiger partial charge on any atom is 0.265 e. The third-order valence-electron chi connectivity index (χ3n) is 4.12. The quantitative estimate of drug-likeness (QED) is 0.868. The minimum atomic E-state index is -0.0983. The van der Waals surface area contributed by atoms with Crippen LogP contribution in [-0.4, -0.2) is 25.7 Å². The fraction of sp³-hybridized carbons (Fsp3) is 0.263. The summed E-state index contributed by atoms with van der Waals surface area (Å²) in [7, 11) is 1.50. The molecule has 1 atom stereocenters. The van der Waals surface area contributed by atoms with Gasteiger partial charge < -0.3 is 14.4 Å². The van der Waals surface area contributed by atoms with Crippen molar-refractivity contribution in [2.75, 3.05) is 18.6 Å². The largest absolute Gasteiger partial charge is 0.493 e. The summed E-state index contributed by atoms with van der Waals surface area (Å²) in [5.41, 5.74) is 2.60. The predicted molar refractivity (Wildman–Crippen MR) is 90.3 cm³/mol. The average molecular weight is 322 g/mol. The van der Waals surface area contributed by atoms with Crippen molar-refractivity contribution in [3.8, 4) is 17.6 Å². The molecule has 2 aromatic carbocycles. The van der Waals surface area contributed by atoms with Crippen molar-refractivity contribution in [2.45, 2.75) is 19.4 Å². The zero-order valence-electron chi connectivity index (χ0n) is 13.7. The van der Waals surface area contributed by atoms with Gasteiger partial charge in [0, 0.05) is 17.8 Å². The van der Waals surface area contributed by atoms with Crippen molar-refractivity contribution in [1.29, 1.82) is 5.26 Å². The van der Waals surface area contributed by atoms with Gasteiger partial charge in [0.25, 0.3) is 5.91 Å². The summed E-state index contributed by atoms with van der Waals surface area (Å²) in [5.74, 6) is 0.792. The minimum Gasteiger partial charge on any atom is -0.493 e. The van der Waals surface area contributed by atoms with Crippen molar-refractivity contribution in [3.05, 3.63) is 53.6 Å². The number of nitrogens with zero attached hydrogens (tertiary/aromatic N) is 2. The number of carbonyl (C=O) groups excluding carboxylic acids is 1. The first kappa shape index (κ1) is 15.9. The normalized spacial score (nSPS) is 15.5. The van der Waals surface area contributed by atoms with E-state index in [9.17, 15) is 4.79 Å². The summed E-state index contributed by atoms with van der Waals surface area (Å²) in [6.45, 7) is 1.95. The molecule has 1 aliphatic heterocycles. The molecule has 1 amide bonds. The van der Waals surface area contributed by atoms with Crippen LogP contribution in [0.5, 0.6) is 11.5 Å². The monoisotopic (exact) mass is 322 g/mol. The molecule has 0 radical (unpaired) electrons. The maximum atomic E-state index is 12.6. The van der Waals surface area contributed by atoms with Gasteiger partial charge in [-0.15, -0.1) is 0 Å². The van der Waals surface area contributed by atoms with Crippen LogP contribution in [-0.2, 0) is 11.2 Å². The molecule has 0 saturated heterocycles. The highest BCUT2D eigenvalue weighted by Crippen LogP contribution is 2.32. The molecule has 3 rings (SSSR count). The molecular formula is C19H18N2O3. The van der Waals surface area contributed by atoms with Gasteiger partial charge in [0.2, 0.25) is 0 Å². The Hall–Kier alpha value is -3.00. The number of para-hydroxylation sites is 1. The molecule has 5 nitrogen and oxygen atoms in total. The Morgan fingerprint density at radius 3 is 2.83 bits per heavy atom. The van der Waals surface area contributed by atoms with E-state index in [1.807, 2.05) is 37.3 Å². The fourth-order valence-corrected chi connectivity index (χ4v) is 3.01. The first-order valence-corrected chi connectivity index (χ1v) is 7.75. The molecule has 122 valence electrons. The highest BCUT2D eigenvalue weighted by molar-refractivity contribution is 5.97. The first-order valence-electron chi connectivity index (χ1n) is 7.75. The summed E-state index contributed by atoms with van der Waals surface area (Å²) in [5, 5.41) is 8.93. The number of rotatable bonds is 4. The summed E-state index contributed by atoms with van der Waals surface area (Å²) in [6, 6.07) is 14.9. The van der Waals surface area contributed by atoms with E-state index < -0.39 is 0 Å². The second kappa shape index (κ2) is 6.63. The summed E-state index contributed by atoms with van der Waals surface area (Å²) >= 11 is 0. The van der Waals surface area contributed by atoms with Gasteiger partial charge in [-0.25, -0.2) is 0 Å². The lowest BCUT2D eigenvalue weighted by atomic mass is 10.1. The Labute approximate surface area is 141 Å². The van der Waals surface area contributed by atoms with Crippen molar-refractivity contribution >= 4 is 11.6 Å². The third kappa shape index (κ3) is 2.91. The number of anilines is 1. The van der Waals surface area contributed by atoms with Crippen LogP contribution >= 0.6 is 0 Å². The Balaban J connectivity index is 1.74. The zero-order chi connectivity index (χ0) is 17.1. The number of carbonyl (C=O) groups is 1.